The first-order valence-corrected chi connectivity index (χ1v) is 6.77. The molecule has 8 heteroatoms. The van der Waals surface area contributed by atoms with Crippen LogP contribution in [-0.2, 0) is 9.53 Å². The Kier molecular flexibility index (Phi) is 4.91. The van der Waals surface area contributed by atoms with Crippen LogP contribution >= 0.6 is 0 Å². The number of rotatable bonds is 3. The summed E-state index contributed by atoms with van der Waals surface area (Å²) in [6, 6.07) is 0.848. The van der Waals surface area contributed by atoms with Crippen LogP contribution in [0.15, 0.2) is 18.5 Å². The normalized spacial score (nSPS) is 16.3. The summed E-state index contributed by atoms with van der Waals surface area (Å²) in [5.41, 5.74) is 0. The van der Waals surface area contributed by atoms with Crippen molar-refractivity contribution in [3.8, 4) is 0 Å². The van der Waals surface area contributed by atoms with E-state index in [9.17, 15) is 9.59 Å². The van der Waals surface area contributed by atoms with E-state index >= 15 is 0 Å². The summed E-state index contributed by atoms with van der Waals surface area (Å²) in [6.07, 6.45) is 3.39. The summed E-state index contributed by atoms with van der Waals surface area (Å²) < 4.78 is 4.58. The number of ether oxygens (including phenoxy) is 1. The van der Waals surface area contributed by atoms with Gasteiger partial charge in [0.1, 0.15) is 6.04 Å². The lowest BCUT2D eigenvalue weighted by molar-refractivity contribution is -0.142. The zero-order chi connectivity index (χ0) is 15.2. The Labute approximate surface area is 123 Å². The fourth-order valence-corrected chi connectivity index (χ4v) is 2.08. The standard InChI is InChI=1S/C13H19N5O3/c1-10(11(19)21-2)16-13(20)18-8-6-17(7-9-18)12-14-4-3-5-15-12/h3-5,10H,6-9H2,1-2H3,(H,16,20)/t10-/m1/s1. The molecule has 1 aliphatic heterocycles. The third kappa shape index (κ3) is 3.80. The molecule has 114 valence electrons. The van der Waals surface area contributed by atoms with Gasteiger partial charge in [0.2, 0.25) is 5.95 Å². The molecule has 0 spiro atoms. The quantitative estimate of drug-likeness (QED) is 0.781. The number of amides is 2. The predicted molar refractivity (Wildman–Crippen MR) is 75.8 cm³/mol. The van der Waals surface area contributed by atoms with Crippen LogP contribution in [0.2, 0.25) is 0 Å². The number of methoxy groups -OCH3 is 1. The zero-order valence-corrected chi connectivity index (χ0v) is 12.2. The molecule has 8 nitrogen and oxygen atoms in total. The van der Waals surface area contributed by atoms with Gasteiger partial charge in [-0.05, 0) is 13.0 Å². The maximum atomic E-state index is 12.0. The van der Waals surface area contributed by atoms with Gasteiger partial charge in [-0.3, -0.25) is 0 Å². The van der Waals surface area contributed by atoms with Crippen molar-refractivity contribution < 1.29 is 14.3 Å². The summed E-state index contributed by atoms with van der Waals surface area (Å²) in [5.74, 6) is 0.208. The molecule has 1 aromatic rings. The number of esters is 1. The number of nitrogens with one attached hydrogen (secondary N) is 1. The lowest BCUT2D eigenvalue weighted by atomic mass is 10.3. The van der Waals surface area contributed by atoms with Gasteiger partial charge in [0.05, 0.1) is 7.11 Å². The van der Waals surface area contributed by atoms with Gasteiger partial charge in [0.15, 0.2) is 0 Å². The highest BCUT2D eigenvalue weighted by atomic mass is 16.5. The first-order chi connectivity index (χ1) is 10.1. The Morgan fingerprint density at radius 2 is 1.86 bits per heavy atom. The van der Waals surface area contributed by atoms with Gasteiger partial charge in [0.25, 0.3) is 0 Å². The maximum absolute atomic E-state index is 12.0. The molecular weight excluding hydrogens is 274 g/mol. The van der Waals surface area contributed by atoms with Crippen LogP contribution in [-0.4, -0.2) is 66.2 Å². The monoisotopic (exact) mass is 293 g/mol. The molecular formula is C13H19N5O3. The van der Waals surface area contributed by atoms with Gasteiger partial charge in [-0.2, -0.15) is 0 Å². The molecule has 2 amide bonds. The van der Waals surface area contributed by atoms with Gasteiger partial charge < -0.3 is 19.9 Å². The lowest BCUT2D eigenvalue weighted by Crippen LogP contribution is -2.54. The average Bonchev–Trinajstić information content (AvgIpc) is 2.55. The van der Waals surface area contributed by atoms with Gasteiger partial charge >= 0.3 is 12.0 Å². The highest BCUT2D eigenvalue weighted by molar-refractivity contribution is 5.83. The van der Waals surface area contributed by atoms with Crippen LogP contribution in [0.4, 0.5) is 10.7 Å². The molecule has 2 rings (SSSR count). The third-order valence-corrected chi connectivity index (χ3v) is 3.30. The van der Waals surface area contributed by atoms with E-state index in [1.54, 1.807) is 30.3 Å². The minimum atomic E-state index is -0.655. The first-order valence-electron chi connectivity index (χ1n) is 6.77. The second-order valence-electron chi connectivity index (χ2n) is 4.72. The van der Waals surface area contributed by atoms with Crippen LogP contribution < -0.4 is 10.2 Å². The fourth-order valence-electron chi connectivity index (χ4n) is 2.08. The Morgan fingerprint density at radius 3 is 2.43 bits per heavy atom. The highest BCUT2D eigenvalue weighted by Gasteiger charge is 2.24. The molecule has 0 saturated carbocycles. The van der Waals surface area contributed by atoms with Crippen molar-refractivity contribution in [2.45, 2.75) is 13.0 Å². The Morgan fingerprint density at radius 1 is 1.24 bits per heavy atom. The van der Waals surface area contributed by atoms with Crippen molar-refractivity contribution >= 4 is 17.9 Å². The van der Waals surface area contributed by atoms with Gasteiger partial charge in [-0.1, -0.05) is 0 Å². The number of carbonyl (C=O) groups excluding carboxylic acids is 2. The Bertz CT molecular complexity index is 488. The van der Waals surface area contributed by atoms with Crippen LogP contribution in [0.3, 0.4) is 0 Å². The molecule has 21 heavy (non-hydrogen) atoms. The van der Waals surface area contributed by atoms with Gasteiger partial charge in [-0.15, -0.1) is 0 Å². The van der Waals surface area contributed by atoms with Crippen LogP contribution in [0, 0.1) is 0 Å². The van der Waals surface area contributed by atoms with Crippen molar-refractivity contribution in [3.05, 3.63) is 18.5 Å². The largest absolute Gasteiger partial charge is 0.467 e. The van der Waals surface area contributed by atoms with E-state index < -0.39 is 12.0 Å². The summed E-state index contributed by atoms with van der Waals surface area (Å²) in [6.45, 7) is 4.02. The minimum Gasteiger partial charge on any atom is -0.467 e. The molecule has 0 aliphatic carbocycles. The molecule has 0 bridgehead atoms. The second-order valence-corrected chi connectivity index (χ2v) is 4.72. The van der Waals surface area contributed by atoms with E-state index in [2.05, 4.69) is 20.0 Å². The summed E-state index contributed by atoms with van der Waals surface area (Å²) in [5, 5.41) is 2.62. The second kappa shape index (κ2) is 6.87. The molecule has 0 aromatic carbocycles. The summed E-state index contributed by atoms with van der Waals surface area (Å²) in [7, 11) is 1.30. The van der Waals surface area contributed by atoms with Crippen molar-refractivity contribution in [2.75, 3.05) is 38.2 Å². The molecule has 1 saturated heterocycles. The molecule has 1 aliphatic rings. The Hall–Kier alpha value is -2.38. The number of urea groups is 1. The topological polar surface area (TPSA) is 87.7 Å². The molecule has 2 heterocycles. The van der Waals surface area contributed by atoms with E-state index in [4.69, 9.17) is 0 Å². The number of hydrogen-bond acceptors (Lipinski definition) is 6. The van der Waals surface area contributed by atoms with Crippen molar-refractivity contribution in [1.29, 1.82) is 0 Å². The molecule has 1 aromatic heterocycles. The number of carbonyl (C=O) groups is 2. The molecule has 1 N–H and O–H groups in total. The smallest absolute Gasteiger partial charge is 0.328 e. The number of anilines is 1. The van der Waals surface area contributed by atoms with E-state index in [1.807, 2.05) is 4.90 Å². The Balaban J connectivity index is 1.83. The number of hydrogen-bond donors (Lipinski definition) is 1. The van der Waals surface area contributed by atoms with Crippen molar-refractivity contribution in [1.82, 2.24) is 20.2 Å². The third-order valence-electron chi connectivity index (χ3n) is 3.30. The minimum absolute atomic E-state index is 0.262. The number of piperazine rings is 1. The number of nitrogens with zero attached hydrogens (tertiary/aromatic N) is 4. The average molecular weight is 293 g/mol. The van der Waals surface area contributed by atoms with E-state index in [0.717, 1.165) is 0 Å². The molecule has 1 atom stereocenters. The predicted octanol–water partition coefficient (Wildman–Crippen LogP) is -0.130. The molecule has 1 fully saturated rings. The molecule has 0 radical (unpaired) electrons. The molecule has 0 unspecified atom stereocenters. The van der Waals surface area contributed by atoms with Crippen molar-refractivity contribution in [3.63, 3.8) is 0 Å². The fraction of sp³-hybridized carbons (Fsp3) is 0.538. The SMILES string of the molecule is COC(=O)[C@@H](C)NC(=O)N1CCN(c2ncccn2)CC1. The highest BCUT2D eigenvalue weighted by Crippen LogP contribution is 2.09. The van der Waals surface area contributed by atoms with Crippen LogP contribution in [0.25, 0.3) is 0 Å². The summed E-state index contributed by atoms with van der Waals surface area (Å²) in [4.78, 5) is 35.4. The lowest BCUT2D eigenvalue weighted by Gasteiger charge is -2.35. The maximum Gasteiger partial charge on any atom is 0.328 e. The van der Waals surface area contributed by atoms with Crippen LogP contribution in [0.1, 0.15) is 6.92 Å². The van der Waals surface area contributed by atoms with Gasteiger partial charge in [-0.25, -0.2) is 19.6 Å². The van der Waals surface area contributed by atoms with Crippen LogP contribution in [0.5, 0.6) is 0 Å². The van der Waals surface area contributed by atoms with Crippen molar-refractivity contribution in [2.24, 2.45) is 0 Å². The number of aromatic nitrogens is 2. The van der Waals surface area contributed by atoms with E-state index in [0.29, 0.717) is 32.1 Å². The summed E-state index contributed by atoms with van der Waals surface area (Å²) >= 11 is 0. The van der Waals surface area contributed by atoms with E-state index in [-0.39, 0.29) is 6.03 Å². The first kappa shape index (κ1) is 15.0. The zero-order valence-electron chi connectivity index (χ0n) is 12.2. The van der Waals surface area contributed by atoms with Gasteiger partial charge in [0, 0.05) is 38.6 Å². The van der Waals surface area contributed by atoms with E-state index in [1.165, 1.54) is 7.11 Å².